The van der Waals surface area contributed by atoms with Crippen LogP contribution in [0.2, 0.25) is 0 Å². The van der Waals surface area contributed by atoms with Crippen LogP contribution in [-0.4, -0.2) is 30.8 Å². The highest BCUT2D eigenvalue weighted by atomic mass is 16.4. The minimum absolute atomic E-state index is 0.106. The maximum absolute atomic E-state index is 12.4. The molecule has 4 N–H and O–H groups in total. The highest BCUT2D eigenvalue weighted by Gasteiger charge is 2.37. The maximum atomic E-state index is 12.4. The zero-order valence-corrected chi connectivity index (χ0v) is 13.7. The van der Waals surface area contributed by atoms with Crippen molar-refractivity contribution in [1.29, 1.82) is 0 Å². The summed E-state index contributed by atoms with van der Waals surface area (Å²) in [5.41, 5.74) is 6.27. The average molecular weight is 341 g/mol. The molecule has 7 heteroatoms. The Morgan fingerprint density at radius 1 is 1.20 bits per heavy atom. The minimum atomic E-state index is -0.552. The fourth-order valence-electron chi connectivity index (χ4n) is 2.64. The van der Waals surface area contributed by atoms with Crippen molar-refractivity contribution < 1.29 is 18.8 Å². The fraction of sp³-hybridized carbons (Fsp3) is 0.278. The van der Waals surface area contributed by atoms with Crippen LogP contribution in [0.1, 0.15) is 33.8 Å². The number of benzene rings is 1. The number of furan rings is 1. The zero-order chi connectivity index (χ0) is 18.0. The van der Waals surface area contributed by atoms with Gasteiger partial charge in [-0.05, 0) is 43.0 Å². The molecule has 3 amide bonds. The minimum Gasteiger partial charge on any atom is -0.451 e. The van der Waals surface area contributed by atoms with Crippen LogP contribution < -0.4 is 16.4 Å². The summed E-state index contributed by atoms with van der Waals surface area (Å²) in [6.07, 6.45) is 1.84. The SMILES string of the molecule is CNC(=O)C(NC(=O)c1ccc(-c2cccc(C(N)=O)c2)o1)C1CC1. The Hall–Kier alpha value is -3.09. The van der Waals surface area contributed by atoms with Crippen LogP contribution in [0, 0.1) is 5.92 Å². The molecule has 0 radical (unpaired) electrons. The van der Waals surface area contributed by atoms with Crippen molar-refractivity contribution in [3.05, 3.63) is 47.7 Å². The van der Waals surface area contributed by atoms with E-state index < -0.39 is 17.9 Å². The fourth-order valence-corrected chi connectivity index (χ4v) is 2.64. The zero-order valence-electron chi connectivity index (χ0n) is 13.7. The molecule has 0 bridgehead atoms. The van der Waals surface area contributed by atoms with E-state index in [1.807, 2.05) is 0 Å². The van der Waals surface area contributed by atoms with E-state index in [1.165, 1.54) is 6.07 Å². The largest absolute Gasteiger partial charge is 0.451 e. The molecule has 1 unspecified atom stereocenters. The molecule has 1 saturated carbocycles. The van der Waals surface area contributed by atoms with Gasteiger partial charge in [-0.15, -0.1) is 0 Å². The second kappa shape index (κ2) is 6.80. The third-order valence-electron chi connectivity index (χ3n) is 4.17. The molecule has 1 aromatic carbocycles. The van der Waals surface area contributed by atoms with Gasteiger partial charge in [0.05, 0.1) is 0 Å². The lowest BCUT2D eigenvalue weighted by Gasteiger charge is -2.15. The number of hydrogen-bond donors (Lipinski definition) is 3. The first kappa shape index (κ1) is 16.8. The Bertz CT molecular complexity index is 823. The summed E-state index contributed by atoms with van der Waals surface area (Å²) in [5, 5.41) is 5.28. The summed E-state index contributed by atoms with van der Waals surface area (Å²) >= 11 is 0. The van der Waals surface area contributed by atoms with Crippen molar-refractivity contribution in [1.82, 2.24) is 10.6 Å². The predicted molar refractivity (Wildman–Crippen MR) is 90.7 cm³/mol. The summed E-state index contributed by atoms with van der Waals surface area (Å²) in [6.45, 7) is 0. The van der Waals surface area contributed by atoms with E-state index in [-0.39, 0.29) is 17.6 Å². The average Bonchev–Trinajstić information content (AvgIpc) is 3.34. The number of carbonyl (C=O) groups is 3. The molecule has 1 heterocycles. The molecule has 25 heavy (non-hydrogen) atoms. The van der Waals surface area contributed by atoms with E-state index in [1.54, 1.807) is 37.4 Å². The Morgan fingerprint density at radius 3 is 2.60 bits per heavy atom. The maximum Gasteiger partial charge on any atom is 0.287 e. The van der Waals surface area contributed by atoms with Crippen molar-refractivity contribution in [3.63, 3.8) is 0 Å². The highest BCUT2D eigenvalue weighted by Crippen LogP contribution is 2.33. The monoisotopic (exact) mass is 341 g/mol. The Balaban J connectivity index is 1.76. The van der Waals surface area contributed by atoms with E-state index >= 15 is 0 Å². The molecule has 1 atom stereocenters. The van der Waals surface area contributed by atoms with Gasteiger partial charge in [0.1, 0.15) is 11.8 Å². The molecular formula is C18H19N3O4. The second-order valence-corrected chi connectivity index (χ2v) is 6.01. The van der Waals surface area contributed by atoms with E-state index in [0.717, 1.165) is 12.8 Å². The van der Waals surface area contributed by atoms with Crippen LogP contribution in [0.25, 0.3) is 11.3 Å². The molecule has 1 fully saturated rings. The van der Waals surface area contributed by atoms with Crippen molar-refractivity contribution in [2.75, 3.05) is 7.05 Å². The molecule has 2 aromatic rings. The van der Waals surface area contributed by atoms with Gasteiger partial charge < -0.3 is 20.8 Å². The summed E-state index contributed by atoms with van der Waals surface area (Å²) < 4.78 is 5.58. The van der Waals surface area contributed by atoms with Gasteiger partial charge in [0.25, 0.3) is 5.91 Å². The summed E-state index contributed by atoms with van der Waals surface area (Å²) in [4.78, 5) is 35.5. The molecule has 7 nitrogen and oxygen atoms in total. The predicted octanol–water partition coefficient (Wildman–Crippen LogP) is 1.30. The molecule has 3 rings (SSSR count). The van der Waals surface area contributed by atoms with Gasteiger partial charge in [-0.1, -0.05) is 12.1 Å². The molecule has 0 aliphatic heterocycles. The molecular weight excluding hydrogens is 322 g/mol. The molecule has 1 aliphatic carbocycles. The number of primary amides is 1. The van der Waals surface area contributed by atoms with Crippen molar-refractivity contribution >= 4 is 17.7 Å². The third-order valence-corrected chi connectivity index (χ3v) is 4.17. The number of likely N-dealkylation sites (N-methyl/N-ethyl adjacent to an activating group) is 1. The first-order valence-corrected chi connectivity index (χ1v) is 8.02. The van der Waals surface area contributed by atoms with E-state index in [4.69, 9.17) is 10.2 Å². The first-order chi connectivity index (χ1) is 12.0. The lowest BCUT2D eigenvalue weighted by molar-refractivity contribution is -0.122. The van der Waals surface area contributed by atoms with Crippen LogP contribution in [0.15, 0.2) is 40.8 Å². The van der Waals surface area contributed by atoms with Gasteiger partial charge in [-0.2, -0.15) is 0 Å². The number of carbonyl (C=O) groups excluding carboxylic acids is 3. The lowest BCUT2D eigenvalue weighted by Crippen LogP contribution is -2.47. The second-order valence-electron chi connectivity index (χ2n) is 6.01. The van der Waals surface area contributed by atoms with Gasteiger partial charge in [-0.25, -0.2) is 0 Å². The lowest BCUT2D eigenvalue weighted by atomic mass is 10.1. The van der Waals surface area contributed by atoms with Gasteiger partial charge in [0.2, 0.25) is 11.8 Å². The Labute approximate surface area is 144 Å². The smallest absolute Gasteiger partial charge is 0.287 e. The number of nitrogens with one attached hydrogen (secondary N) is 2. The van der Waals surface area contributed by atoms with Crippen molar-refractivity contribution in [3.8, 4) is 11.3 Å². The normalized spacial score (nSPS) is 14.6. The van der Waals surface area contributed by atoms with Crippen molar-refractivity contribution in [2.24, 2.45) is 11.7 Å². The Morgan fingerprint density at radius 2 is 1.96 bits per heavy atom. The summed E-state index contributed by atoms with van der Waals surface area (Å²) in [6, 6.07) is 9.27. The van der Waals surface area contributed by atoms with Crippen molar-refractivity contribution in [2.45, 2.75) is 18.9 Å². The van der Waals surface area contributed by atoms with Gasteiger partial charge in [0, 0.05) is 18.2 Å². The molecule has 0 spiro atoms. The van der Waals surface area contributed by atoms with Crippen LogP contribution in [-0.2, 0) is 4.79 Å². The molecule has 130 valence electrons. The van der Waals surface area contributed by atoms with E-state index in [0.29, 0.717) is 16.9 Å². The molecule has 1 aromatic heterocycles. The van der Waals surface area contributed by atoms with E-state index in [2.05, 4.69) is 10.6 Å². The third kappa shape index (κ3) is 3.71. The van der Waals surface area contributed by atoms with Gasteiger partial charge in [-0.3, -0.25) is 14.4 Å². The van der Waals surface area contributed by atoms with Crippen LogP contribution in [0.3, 0.4) is 0 Å². The number of amides is 3. The summed E-state index contributed by atoms with van der Waals surface area (Å²) in [5.74, 6) is -0.477. The number of rotatable bonds is 6. The first-order valence-electron chi connectivity index (χ1n) is 8.02. The molecule has 0 saturated heterocycles. The molecule has 1 aliphatic rings. The van der Waals surface area contributed by atoms with Crippen LogP contribution in [0.4, 0.5) is 0 Å². The van der Waals surface area contributed by atoms with Gasteiger partial charge in [0.15, 0.2) is 5.76 Å². The summed E-state index contributed by atoms with van der Waals surface area (Å²) in [7, 11) is 1.54. The quantitative estimate of drug-likeness (QED) is 0.734. The van der Waals surface area contributed by atoms with Crippen LogP contribution >= 0.6 is 0 Å². The number of nitrogens with two attached hydrogens (primary N) is 1. The Kier molecular flexibility index (Phi) is 4.56. The van der Waals surface area contributed by atoms with Crippen LogP contribution in [0.5, 0.6) is 0 Å². The van der Waals surface area contributed by atoms with E-state index in [9.17, 15) is 14.4 Å². The highest BCUT2D eigenvalue weighted by molar-refractivity contribution is 5.96. The number of hydrogen-bond acceptors (Lipinski definition) is 4. The standard InChI is InChI=1S/C18H19N3O4/c1-20-18(24)15(10-5-6-10)21-17(23)14-8-7-13(25-14)11-3-2-4-12(9-11)16(19)22/h2-4,7-10,15H,5-6H2,1H3,(H2,19,22)(H,20,24)(H,21,23). The topological polar surface area (TPSA) is 114 Å². The van der Waals surface area contributed by atoms with Gasteiger partial charge >= 0.3 is 0 Å².